The van der Waals surface area contributed by atoms with Gasteiger partial charge in [0.1, 0.15) is 12.7 Å². The van der Waals surface area contributed by atoms with Crippen LogP contribution >= 0.6 is 0 Å². The summed E-state index contributed by atoms with van der Waals surface area (Å²) in [5, 5.41) is 0. The number of hydrogen-bond acceptors (Lipinski definition) is 1. The first-order chi connectivity index (χ1) is 5.79. The van der Waals surface area contributed by atoms with Crippen LogP contribution in [-0.4, -0.2) is 13.6 Å². The third-order valence-electron chi connectivity index (χ3n) is 2.27. The van der Waals surface area contributed by atoms with Crippen LogP contribution in [0.15, 0.2) is 24.4 Å². The van der Waals surface area contributed by atoms with Crippen LogP contribution < -0.4 is 9.47 Å². The minimum absolute atomic E-state index is 1.01. The highest BCUT2D eigenvalue weighted by atomic mass is 15.1. The Morgan fingerprint density at radius 1 is 1.50 bits per heavy atom. The van der Waals surface area contributed by atoms with Gasteiger partial charge < -0.3 is 4.90 Å². The molecule has 2 rings (SSSR count). The Hall–Kier alpha value is -1.31. The number of fused-ring (bicyclic) bond motifs is 1. The molecular formula is C10H13N2+. The zero-order chi connectivity index (χ0) is 8.55. The van der Waals surface area contributed by atoms with E-state index in [-0.39, 0.29) is 0 Å². The summed E-state index contributed by atoms with van der Waals surface area (Å²) in [7, 11) is 4.19. The molecular weight excluding hydrogens is 148 g/mol. The molecule has 2 heteroatoms. The van der Waals surface area contributed by atoms with Gasteiger partial charge >= 0.3 is 0 Å². The number of rotatable bonds is 0. The molecule has 62 valence electrons. The number of pyridine rings is 1. The van der Waals surface area contributed by atoms with Crippen molar-refractivity contribution in [1.82, 2.24) is 0 Å². The summed E-state index contributed by atoms with van der Waals surface area (Å²) < 4.78 is 2.14. The number of aromatic nitrogens is 1. The molecule has 0 saturated heterocycles. The van der Waals surface area contributed by atoms with Crippen molar-refractivity contribution in [3.05, 3.63) is 30.1 Å². The van der Waals surface area contributed by atoms with E-state index in [1.807, 2.05) is 0 Å². The molecule has 0 radical (unpaired) electrons. The highest BCUT2D eigenvalue weighted by molar-refractivity contribution is 5.65. The van der Waals surface area contributed by atoms with Gasteiger partial charge in [0.25, 0.3) is 0 Å². The van der Waals surface area contributed by atoms with Gasteiger partial charge in [0.05, 0.1) is 0 Å². The summed E-state index contributed by atoms with van der Waals surface area (Å²) in [5.41, 5.74) is 2.59. The summed E-state index contributed by atoms with van der Waals surface area (Å²) in [5.74, 6) is 0. The van der Waals surface area contributed by atoms with Crippen LogP contribution in [0.5, 0.6) is 0 Å². The zero-order valence-corrected chi connectivity index (χ0v) is 7.49. The van der Waals surface area contributed by atoms with Gasteiger partial charge in [-0.1, -0.05) is 6.08 Å². The maximum atomic E-state index is 2.25. The predicted molar refractivity (Wildman–Crippen MR) is 49.9 cm³/mol. The molecule has 1 aliphatic rings. The predicted octanol–water partition coefficient (Wildman–Crippen LogP) is 0.974. The van der Waals surface area contributed by atoms with E-state index in [1.165, 1.54) is 11.4 Å². The van der Waals surface area contributed by atoms with Crippen molar-refractivity contribution in [2.24, 2.45) is 7.05 Å². The van der Waals surface area contributed by atoms with Gasteiger partial charge in [-0.2, -0.15) is 4.57 Å². The Kier molecular flexibility index (Phi) is 1.61. The standard InChI is InChI=1S/C10H13N2/c1-11-7-3-6-10-9(11)5-4-8-12(10)2/h3-7H,8H2,1-2H3/q+1. The molecule has 1 aromatic rings. The molecule has 12 heavy (non-hydrogen) atoms. The topological polar surface area (TPSA) is 7.12 Å². The van der Waals surface area contributed by atoms with Crippen molar-refractivity contribution in [3.63, 3.8) is 0 Å². The molecule has 0 unspecified atom stereocenters. The highest BCUT2D eigenvalue weighted by Gasteiger charge is 2.15. The summed E-state index contributed by atoms with van der Waals surface area (Å²) in [6.07, 6.45) is 6.43. The molecule has 1 aromatic heterocycles. The first-order valence-corrected chi connectivity index (χ1v) is 4.15. The second kappa shape index (κ2) is 2.63. The molecule has 0 aromatic carbocycles. The Labute approximate surface area is 72.8 Å². The molecule has 0 atom stereocenters. The van der Waals surface area contributed by atoms with E-state index >= 15 is 0 Å². The molecule has 0 aliphatic carbocycles. The number of hydrogen-bond donors (Lipinski definition) is 0. The fraction of sp³-hybridized carbons (Fsp3) is 0.300. The lowest BCUT2D eigenvalue weighted by Crippen LogP contribution is -2.35. The van der Waals surface area contributed by atoms with Crippen LogP contribution in [0.2, 0.25) is 0 Å². The van der Waals surface area contributed by atoms with E-state index in [0.29, 0.717) is 0 Å². The fourth-order valence-electron chi connectivity index (χ4n) is 1.56. The van der Waals surface area contributed by atoms with Crippen LogP contribution in [0.4, 0.5) is 5.69 Å². The maximum Gasteiger partial charge on any atom is 0.228 e. The lowest BCUT2D eigenvalue weighted by Gasteiger charge is -2.20. The Bertz CT molecular complexity index is 329. The van der Waals surface area contributed by atoms with Gasteiger partial charge in [0.15, 0.2) is 6.20 Å². The van der Waals surface area contributed by atoms with Gasteiger partial charge in [-0.3, -0.25) is 0 Å². The molecule has 1 aliphatic heterocycles. The van der Waals surface area contributed by atoms with Gasteiger partial charge in [-0.25, -0.2) is 0 Å². The van der Waals surface area contributed by atoms with Gasteiger partial charge in [0.2, 0.25) is 5.69 Å². The third kappa shape index (κ3) is 0.998. The number of likely N-dealkylation sites (N-methyl/N-ethyl adjacent to an activating group) is 1. The van der Waals surface area contributed by atoms with Gasteiger partial charge in [-0.15, -0.1) is 0 Å². The fourth-order valence-corrected chi connectivity index (χ4v) is 1.56. The van der Waals surface area contributed by atoms with Crippen LogP contribution in [0, 0.1) is 0 Å². The molecule has 0 fully saturated rings. The average Bonchev–Trinajstić information content (AvgIpc) is 2.07. The summed E-state index contributed by atoms with van der Waals surface area (Å²) in [6.45, 7) is 1.01. The van der Waals surface area contributed by atoms with Crippen LogP contribution in [0.3, 0.4) is 0 Å². The molecule has 0 bridgehead atoms. The summed E-state index contributed by atoms with van der Waals surface area (Å²) in [6, 6.07) is 4.23. The molecule has 2 heterocycles. The van der Waals surface area contributed by atoms with E-state index in [2.05, 4.69) is 54.0 Å². The Morgan fingerprint density at radius 3 is 3.08 bits per heavy atom. The molecule has 0 spiro atoms. The van der Waals surface area contributed by atoms with Gasteiger partial charge in [-0.05, 0) is 6.07 Å². The van der Waals surface area contributed by atoms with Crippen molar-refractivity contribution < 1.29 is 4.57 Å². The lowest BCUT2D eigenvalue weighted by atomic mass is 10.2. The van der Waals surface area contributed by atoms with Crippen LogP contribution in [0.25, 0.3) is 6.08 Å². The quantitative estimate of drug-likeness (QED) is 0.514. The normalized spacial score (nSPS) is 14.7. The molecule has 0 saturated carbocycles. The van der Waals surface area contributed by atoms with E-state index in [1.54, 1.807) is 0 Å². The molecule has 0 N–H and O–H groups in total. The minimum Gasteiger partial charge on any atom is -0.365 e. The zero-order valence-electron chi connectivity index (χ0n) is 7.49. The summed E-state index contributed by atoms with van der Waals surface area (Å²) >= 11 is 0. The molecule has 2 nitrogen and oxygen atoms in total. The van der Waals surface area contributed by atoms with Crippen molar-refractivity contribution >= 4 is 11.8 Å². The van der Waals surface area contributed by atoms with E-state index in [0.717, 1.165) is 6.54 Å². The highest BCUT2D eigenvalue weighted by Crippen LogP contribution is 2.19. The van der Waals surface area contributed by atoms with Crippen molar-refractivity contribution in [3.8, 4) is 0 Å². The number of anilines is 1. The summed E-state index contributed by atoms with van der Waals surface area (Å²) in [4.78, 5) is 2.25. The third-order valence-corrected chi connectivity index (χ3v) is 2.27. The number of aryl methyl sites for hydroxylation is 1. The Morgan fingerprint density at radius 2 is 2.33 bits per heavy atom. The van der Waals surface area contributed by atoms with E-state index in [4.69, 9.17) is 0 Å². The SMILES string of the molecule is CN1CC=Cc2c1ccc[n+]2C. The van der Waals surface area contributed by atoms with E-state index < -0.39 is 0 Å². The lowest BCUT2D eigenvalue weighted by molar-refractivity contribution is -0.672. The Balaban J connectivity index is 2.61. The van der Waals surface area contributed by atoms with Crippen LogP contribution in [-0.2, 0) is 7.05 Å². The van der Waals surface area contributed by atoms with Gasteiger partial charge in [0, 0.05) is 25.7 Å². The largest absolute Gasteiger partial charge is 0.365 e. The second-order valence-electron chi connectivity index (χ2n) is 3.17. The maximum absolute atomic E-state index is 2.25. The first kappa shape index (κ1) is 7.35. The smallest absolute Gasteiger partial charge is 0.228 e. The van der Waals surface area contributed by atoms with Crippen molar-refractivity contribution in [1.29, 1.82) is 0 Å². The molecule has 0 amide bonds. The second-order valence-corrected chi connectivity index (χ2v) is 3.17. The monoisotopic (exact) mass is 161 g/mol. The number of nitrogens with zero attached hydrogens (tertiary/aromatic N) is 2. The first-order valence-electron chi connectivity index (χ1n) is 4.15. The van der Waals surface area contributed by atoms with Crippen molar-refractivity contribution in [2.75, 3.05) is 18.5 Å². The average molecular weight is 161 g/mol. The minimum atomic E-state index is 1.01. The van der Waals surface area contributed by atoms with Crippen LogP contribution in [0.1, 0.15) is 5.69 Å². The van der Waals surface area contributed by atoms with Crippen molar-refractivity contribution in [2.45, 2.75) is 0 Å². The van der Waals surface area contributed by atoms with E-state index in [9.17, 15) is 0 Å².